The Labute approximate surface area is 222 Å². The van der Waals surface area contributed by atoms with Gasteiger partial charge >= 0.3 is 18.3 Å². The minimum Gasteiger partial charge on any atom is -0.367 e. The van der Waals surface area contributed by atoms with Gasteiger partial charge in [-0.25, -0.2) is 8.78 Å². The summed E-state index contributed by atoms with van der Waals surface area (Å²) in [5, 5.41) is 4.16. The molecule has 2 N–H and O–H groups in total. The lowest BCUT2D eigenvalue weighted by atomic mass is 10.1. The molecule has 0 spiro atoms. The lowest BCUT2D eigenvalue weighted by Crippen LogP contribution is -2.52. The fourth-order valence-electron chi connectivity index (χ4n) is 4.06. The second kappa shape index (κ2) is 11.9. The van der Waals surface area contributed by atoms with Gasteiger partial charge in [-0.2, -0.15) is 26.3 Å². The maximum Gasteiger partial charge on any atom is 0.471 e. The molecule has 0 unspecified atom stereocenters. The third kappa shape index (κ3) is 7.94. The highest BCUT2D eigenvalue weighted by Crippen LogP contribution is 2.32. The maximum atomic E-state index is 14.7. The summed E-state index contributed by atoms with van der Waals surface area (Å²) in [4.78, 5) is 27.2. The van der Waals surface area contributed by atoms with Crippen LogP contribution >= 0.6 is 11.6 Å². The summed E-state index contributed by atoms with van der Waals surface area (Å²) in [5.74, 6) is -6.65. The van der Waals surface area contributed by atoms with Gasteiger partial charge < -0.3 is 15.5 Å². The van der Waals surface area contributed by atoms with Gasteiger partial charge in [0.2, 0.25) is 0 Å². The van der Waals surface area contributed by atoms with E-state index in [0.29, 0.717) is 25.3 Å². The number of alkyl halides is 6. The van der Waals surface area contributed by atoms with E-state index in [1.165, 1.54) is 23.5 Å². The molecule has 0 bridgehead atoms. The van der Waals surface area contributed by atoms with Crippen LogP contribution in [0, 0.1) is 11.6 Å². The Morgan fingerprint density at radius 3 is 2.33 bits per heavy atom. The first kappa shape index (κ1) is 30.4. The second-order valence-corrected chi connectivity index (χ2v) is 9.33. The van der Waals surface area contributed by atoms with Gasteiger partial charge in [0.05, 0.1) is 23.4 Å². The Balaban J connectivity index is 1.74. The molecular formula is C24H23ClF8N4O2. The van der Waals surface area contributed by atoms with Crippen LogP contribution in [0.3, 0.4) is 0 Å². The Hall–Kier alpha value is -3.13. The van der Waals surface area contributed by atoms with Crippen LogP contribution in [0.25, 0.3) is 0 Å². The molecule has 3 rings (SSSR count). The zero-order valence-corrected chi connectivity index (χ0v) is 21.1. The monoisotopic (exact) mass is 586 g/mol. The molecule has 0 radical (unpaired) electrons. The summed E-state index contributed by atoms with van der Waals surface area (Å²) in [6, 6.07) is 5.83. The lowest BCUT2D eigenvalue weighted by molar-refractivity contribution is -0.173. The number of hydrogen-bond donors (Lipinski definition) is 2. The summed E-state index contributed by atoms with van der Waals surface area (Å²) in [6.07, 6.45) is -10.4. The van der Waals surface area contributed by atoms with Crippen LogP contribution in [0.4, 0.5) is 46.5 Å². The molecule has 2 aromatic rings. The fraction of sp³-hybridized carbons (Fsp3) is 0.417. The van der Waals surface area contributed by atoms with E-state index in [9.17, 15) is 44.7 Å². The Bertz CT molecular complexity index is 1220. The maximum absolute atomic E-state index is 14.7. The van der Waals surface area contributed by atoms with Gasteiger partial charge in [-0.05, 0) is 31.2 Å². The van der Waals surface area contributed by atoms with Crippen molar-refractivity contribution in [1.82, 2.24) is 10.2 Å². The predicted octanol–water partition coefficient (Wildman–Crippen LogP) is 5.51. The average Bonchev–Trinajstić information content (AvgIpc) is 2.83. The van der Waals surface area contributed by atoms with Crippen LogP contribution in [0.1, 0.15) is 29.3 Å². The van der Waals surface area contributed by atoms with Crippen LogP contribution in [-0.4, -0.2) is 61.3 Å². The summed E-state index contributed by atoms with van der Waals surface area (Å²) in [6.45, 7) is 1.51. The lowest BCUT2D eigenvalue weighted by Gasteiger charge is -2.41. The molecule has 1 heterocycles. The quantitative estimate of drug-likeness (QED) is 0.420. The second-order valence-electron chi connectivity index (χ2n) is 8.89. The van der Waals surface area contributed by atoms with E-state index in [4.69, 9.17) is 11.6 Å². The van der Waals surface area contributed by atoms with Gasteiger partial charge in [0.15, 0.2) is 11.6 Å². The van der Waals surface area contributed by atoms with E-state index in [1.54, 1.807) is 16.7 Å². The van der Waals surface area contributed by atoms with E-state index in [-0.39, 0.29) is 23.3 Å². The normalized spacial score (nSPS) is 16.8. The van der Waals surface area contributed by atoms with E-state index >= 15 is 0 Å². The van der Waals surface area contributed by atoms with Crippen LogP contribution in [0.15, 0.2) is 30.3 Å². The number of anilines is 2. The summed E-state index contributed by atoms with van der Waals surface area (Å²) < 4.78 is 104. The van der Waals surface area contributed by atoms with Crippen molar-refractivity contribution < 1.29 is 44.7 Å². The third-order valence-corrected chi connectivity index (χ3v) is 6.34. The van der Waals surface area contributed by atoms with Crippen molar-refractivity contribution in [2.45, 2.75) is 38.3 Å². The first-order chi connectivity index (χ1) is 18.1. The molecule has 1 saturated heterocycles. The molecule has 0 aliphatic carbocycles. The molecular weight excluding hydrogens is 564 g/mol. The molecule has 39 heavy (non-hydrogen) atoms. The van der Waals surface area contributed by atoms with Crippen molar-refractivity contribution >= 4 is 34.8 Å². The first-order valence-electron chi connectivity index (χ1n) is 11.6. The number of piperazine rings is 1. The minimum absolute atomic E-state index is 0.168. The highest BCUT2D eigenvalue weighted by molar-refractivity contribution is 6.31. The van der Waals surface area contributed by atoms with Gasteiger partial charge in [-0.15, -0.1) is 0 Å². The van der Waals surface area contributed by atoms with Gasteiger partial charge in [-0.3, -0.25) is 14.5 Å². The number of halogens is 9. The van der Waals surface area contributed by atoms with E-state index < -0.39 is 59.9 Å². The minimum atomic E-state index is -5.21. The number of carbonyl (C=O) groups is 2. The van der Waals surface area contributed by atoms with Crippen LogP contribution in [0.5, 0.6) is 0 Å². The van der Waals surface area contributed by atoms with Crippen LogP contribution < -0.4 is 15.5 Å². The standard InChI is InChI=1S/C24H23ClF8N4O2/c1-13-12-37(9-8-36(13)7-6-23(28,29)30)18-10-15(25)3-5-17(18)35-21(38)16-4-2-14(19(26)20(16)27)11-34-22(39)24(31,32)33/h2-5,10,13H,6-9,11-12H2,1H3,(H,34,39)(H,35,38)/t13-/m0/s1. The van der Waals surface area contributed by atoms with Gasteiger partial charge in [0.1, 0.15) is 0 Å². The highest BCUT2D eigenvalue weighted by Gasteiger charge is 2.38. The number of amides is 2. The molecule has 1 fully saturated rings. The molecule has 2 aromatic carbocycles. The van der Waals surface area contributed by atoms with Crippen molar-refractivity contribution in [3.05, 3.63) is 58.1 Å². The smallest absolute Gasteiger partial charge is 0.367 e. The first-order valence-corrected chi connectivity index (χ1v) is 11.9. The molecule has 0 aromatic heterocycles. The summed E-state index contributed by atoms with van der Waals surface area (Å²) in [5.41, 5.74) is -0.775. The van der Waals surface area contributed by atoms with Crippen molar-refractivity contribution in [1.29, 1.82) is 0 Å². The zero-order valence-electron chi connectivity index (χ0n) is 20.3. The zero-order chi connectivity index (χ0) is 29.1. The molecule has 1 atom stereocenters. The summed E-state index contributed by atoms with van der Waals surface area (Å²) >= 11 is 6.11. The topological polar surface area (TPSA) is 64.7 Å². The van der Waals surface area contributed by atoms with Crippen molar-refractivity contribution in [2.75, 3.05) is 36.4 Å². The Morgan fingerprint density at radius 1 is 1.03 bits per heavy atom. The predicted molar refractivity (Wildman–Crippen MR) is 128 cm³/mol. The fourth-order valence-corrected chi connectivity index (χ4v) is 4.22. The average molecular weight is 587 g/mol. The van der Waals surface area contributed by atoms with Gasteiger partial charge in [0.25, 0.3) is 5.91 Å². The number of rotatable bonds is 7. The SMILES string of the molecule is C[C@H]1CN(c2cc(Cl)ccc2NC(=O)c2ccc(CNC(=O)C(F)(F)F)c(F)c2F)CCN1CCC(F)(F)F. The number of benzene rings is 2. The van der Waals surface area contributed by atoms with E-state index in [0.717, 1.165) is 12.1 Å². The van der Waals surface area contributed by atoms with Crippen LogP contribution in [0.2, 0.25) is 5.02 Å². The molecule has 6 nitrogen and oxygen atoms in total. The van der Waals surface area contributed by atoms with Crippen molar-refractivity contribution in [3.63, 3.8) is 0 Å². The van der Waals surface area contributed by atoms with Gasteiger partial charge in [0, 0.05) is 49.4 Å². The highest BCUT2D eigenvalue weighted by atomic mass is 35.5. The Morgan fingerprint density at radius 2 is 1.72 bits per heavy atom. The van der Waals surface area contributed by atoms with Crippen molar-refractivity contribution in [3.8, 4) is 0 Å². The molecule has 2 amide bonds. The molecule has 0 saturated carbocycles. The third-order valence-electron chi connectivity index (χ3n) is 6.10. The van der Waals surface area contributed by atoms with E-state index in [2.05, 4.69) is 5.32 Å². The van der Waals surface area contributed by atoms with E-state index in [1.807, 2.05) is 0 Å². The number of nitrogens with one attached hydrogen (secondary N) is 2. The molecule has 1 aliphatic rings. The molecule has 15 heteroatoms. The largest absolute Gasteiger partial charge is 0.471 e. The summed E-state index contributed by atoms with van der Waals surface area (Å²) in [7, 11) is 0. The van der Waals surface area contributed by atoms with Crippen LogP contribution in [-0.2, 0) is 11.3 Å². The molecule has 1 aliphatic heterocycles. The van der Waals surface area contributed by atoms with Gasteiger partial charge in [-0.1, -0.05) is 17.7 Å². The number of hydrogen-bond acceptors (Lipinski definition) is 4. The Kier molecular flexibility index (Phi) is 9.31. The number of carbonyl (C=O) groups excluding carboxylic acids is 2. The number of nitrogens with zero attached hydrogens (tertiary/aromatic N) is 2. The molecule has 214 valence electrons. The van der Waals surface area contributed by atoms with Crippen molar-refractivity contribution in [2.24, 2.45) is 0 Å².